The predicted molar refractivity (Wildman–Crippen MR) is 69.3 cm³/mol. The van der Waals surface area contributed by atoms with Crippen LogP contribution in [-0.2, 0) is 0 Å². The Bertz CT molecular complexity index is 215. The summed E-state index contributed by atoms with van der Waals surface area (Å²) in [5.41, 5.74) is 6.49. The van der Waals surface area contributed by atoms with Crippen molar-refractivity contribution in [1.29, 1.82) is 0 Å². The molecule has 2 fully saturated rings. The minimum absolute atomic E-state index is 0.441. The van der Waals surface area contributed by atoms with Gasteiger partial charge in [0.15, 0.2) is 0 Å². The molecule has 2 N–H and O–H groups in total. The minimum atomic E-state index is 0.441. The van der Waals surface area contributed by atoms with Crippen LogP contribution in [0.15, 0.2) is 0 Å². The van der Waals surface area contributed by atoms with Crippen LogP contribution >= 0.6 is 0 Å². The summed E-state index contributed by atoms with van der Waals surface area (Å²) >= 11 is 0. The summed E-state index contributed by atoms with van der Waals surface area (Å²) in [4.78, 5) is 2.54. The van der Waals surface area contributed by atoms with Crippen molar-refractivity contribution >= 4 is 0 Å². The molecule has 2 aliphatic rings. The number of nitrogens with two attached hydrogens (primary N) is 1. The van der Waals surface area contributed by atoms with Crippen LogP contribution in [0.5, 0.6) is 0 Å². The highest BCUT2D eigenvalue weighted by Gasteiger charge is 2.35. The molecule has 2 saturated carbocycles. The smallest absolute Gasteiger partial charge is 0.00471 e. The van der Waals surface area contributed by atoms with E-state index in [1.165, 1.54) is 51.6 Å². The maximum atomic E-state index is 6.05. The summed E-state index contributed by atoms with van der Waals surface area (Å²) in [6, 6.07) is 0. The summed E-state index contributed by atoms with van der Waals surface area (Å²) < 4.78 is 0. The molecule has 2 nitrogen and oxygen atoms in total. The van der Waals surface area contributed by atoms with Gasteiger partial charge in [-0.25, -0.2) is 0 Å². The Kier molecular flexibility index (Phi) is 3.91. The third-order valence-electron chi connectivity index (χ3n) is 4.64. The SMILES string of the molecule is CC1CCC(CN)(CN(C)CC2CC2)CC1. The van der Waals surface area contributed by atoms with E-state index in [0.29, 0.717) is 5.41 Å². The topological polar surface area (TPSA) is 29.3 Å². The van der Waals surface area contributed by atoms with Gasteiger partial charge in [-0.1, -0.05) is 19.8 Å². The molecule has 16 heavy (non-hydrogen) atoms. The van der Waals surface area contributed by atoms with Crippen molar-refractivity contribution in [2.24, 2.45) is 23.0 Å². The van der Waals surface area contributed by atoms with Crippen LogP contribution in [0.25, 0.3) is 0 Å². The van der Waals surface area contributed by atoms with Crippen LogP contribution in [0.3, 0.4) is 0 Å². The lowest BCUT2D eigenvalue weighted by Crippen LogP contribution is -2.44. The number of nitrogens with zero attached hydrogens (tertiary/aromatic N) is 1. The molecular weight excluding hydrogens is 196 g/mol. The van der Waals surface area contributed by atoms with E-state index < -0.39 is 0 Å². The molecule has 0 radical (unpaired) electrons. The van der Waals surface area contributed by atoms with Gasteiger partial charge in [0.1, 0.15) is 0 Å². The zero-order valence-corrected chi connectivity index (χ0v) is 11.0. The highest BCUT2D eigenvalue weighted by atomic mass is 15.1. The second-order valence-corrected chi connectivity index (χ2v) is 6.53. The molecule has 0 bridgehead atoms. The van der Waals surface area contributed by atoms with E-state index in [0.717, 1.165) is 18.4 Å². The van der Waals surface area contributed by atoms with Crippen molar-refractivity contribution in [2.75, 3.05) is 26.7 Å². The van der Waals surface area contributed by atoms with E-state index in [9.17, 15) is 0 Å². The van der Waals surface area contributed by atoms with Gasteiger partial charge in [0.25, 0.3) is 0 Å². The first-order valence-corrected chi connectivity index (χ1v) is 7.02. The molecular formula is C14H28N2. The van der Waals surface area contributed by atoms with Crippen LogP contribution in [0.2, 0.25) is 0 Å². The van der Waals surface area contributed by atoms with Crippen LogP contribution < -0.4 is 5.73 Å². The van der Waals surface area contributed by atoms with Gasteiger partial charge in [-0.3, -0.25) is 0 Å². The molecule has 0 amide bonds. The average Bonchev–Trinajstić information content (AvgIpc) is 3.06. The Labute approximate surface area is 101 Å². The lowest BCUT2D eigenvalue weighted by molar-refractivity contribution is 0.106. The van der Waals surface area contributed by atoms with E-state index in [1.54, 1.807) is 0 Å². The molecule has 2 rings (SSSR count). The van der Waals surface area contributed by atoms with Gasteiger partial charge in [-0.2, -0.15) is 0 Å². The third kappa shape index (κ3) is 3.21. The fourth-order valence-corrected chi connectivity index (χ4v) is 3.18. The number of hydrogen-bond acceptors (Lipinski definition) is 2. The molecule has 0 atom stereocenters. The summed E-state index contributed by atoms with van der Waals surface area (Å²) in [5, 5.41) is 0. The first-order valence-electron chi connectivity index (χ1n) is 7.02. The third-order valence-corrected chi connectivity index (χ3v) is 4.64. The van der Waals surface area contributed by atoms with Crippen molar-refractivity contribution in [3.8, 4) is 0 Å². The normalized spacial score (nSPS) is 35.6. The van der Waals surface area contributed by atoms with Crippen molar-refractivity contribution in [2.45, 2.75) is 45.4 Å². The van der Waals surface area contributed by atoms with Gasteiger partial charge in [0, 0.05) is 13.1 Å². The molecule has 2 aliphatic carbocycles. The van der Waals surface area contributed by atoms with Crippen molar-refractivity contribution in [3.05, 3.63) is 0 Å². The molecule has 0 aromatic heterocycles. The zero-order chi connectivity index (χ0) is 11.6. The van der Waals surface area contributed by atoms with Gasteiger partial charge < -0.3 is 10.6 Å². The zero-order valence-electron chi connectivity index (χ0n) is 11.0. The van der Waals surface area contributed by atoms with E-state index in [4.69, 9.17) is 5.73 Å². The van der Waals surface area contributed by atoms with E-state index in [-0.39, 0.29) is 0 Å². The largest absolute Gasteiger partial charge is 0.330 e. The molecule has 0 heterocycles. The molecule has 2 heteroatoms. The molecule has 0 unspecified atom stereocenters. The second-order valence-electron chi connectivity index (χ2n) is 6.53. The molecule has 0 spiro atoms. The van der Waals surface area contributed by atoms with Gasteiger partial charge >= 0.3 is 0 Å². The lowest BCUT2D eigenvalue weighted by atomic mass is 9.70. The first kappa shape index (κ1) is 12.4. The summed E-state index contributed by atoms with van der Waals surface area (Å²) in [6.07, 6.45) is 8.37. The maximum Gasteiger partial charge on any atom is 0.00471 e. The van der Waals surface area contributed by atoms with Crippen molar-refractivity contribution in [3.63, 3.8) is 0 Å². The van der Waals surface area contributed by atoms with E-state index in [2.05, 4.69) is 18.9 Å². The maximum absolute atomic E-state index is 6.05. The predicted octanol–water partition coefficient (Wildman–Crippen LogP) is 2.48. The fraction of sp³-hybridized carbons (Fsp3) is 1.00. The Morgan fingerprint density at radius 3 is 2.31 bits per heavy atom. The van der Waals surface area contributed by atoms with Crippen LogP contribution in [0.1, 0.15) is 45.4 Å². The first-order chi connectivity index (χ1) is 7.63. The van der Waals surface area contributed by atoms with Gasteiger partial charge in [0.2, 0.25) is 0 Å². The van der Waals surface area contributed by atoms with Crippen molar-refractivity contribution in [1.82, 2.24) is 4.90 Å². The second kappa shape index (κ2) is 5.05. The molecule has 0 aromatic carbocycles. The average molecular weight is 224 g/mol. The lowest BCUT2D eigenvalue weighted by Gasteiger charge is -2.41. The Balaban J connectivity index is 1.82. The fourth-order valence-electron chi connectivity index (χ4n) is 3.18. The molecule has 0 aromatic rings. The summed E-state index contributed by atoms with van der Waals surface area (Å²) in [7, 11) is 2.29. The summed E-state index contributed by atoms with van der Waals surface area (Å²) in [6.45, 7) is 5.80. The highest BCUT2D eigenvalue weighted by Crippen LogP contribution is 2.39. The monoisotopic (exact) mass is 224 g/mol. The Hall–Kier alpha value is -0.0800. The van der Waals surface area contributed by atoms with Gasteiger partial charge in [-0.15, -0.1) is 0 Å². The van der Waals surface area contributed by atoms with E-state index >= 15 is 0 Å². The van der Waals surface area contributed by atoms with E-state index in [1.807, 2.05) is 0 Å². The van der Waals surface area contributed by atoms with Gasteiger partial charge in [0.05, 0.1) is 0 Å². The summed E-state index contributed by atoms with van der Waals surface area (Å²) in [5.74, 6) is 1.93. The minimum Gasteiger partial charge on any atom is -0.330 e. The number of rotatable bonds is 5. The van der Waals surface area contributed by atoms with Gasteiger partial charge in [-0.05, 0) is 56.5 Å². The van der Waals surface area contributed by atoms with Crippen LogP contribution in [0.4, 0.5) is 0 Å². The van der Waals surface area contributed by atoms with Crippen molar-refractivity contribution < 1.29 is 0 Å². The Morgan fingerprint density at radius 1 is 1.19 bits per heavy atom. The standard InChI is InChI=1S/C14H28N2/c1-12-5-7-14(10-15,8-6-12)11-16(2)9-13-3-4-13/h12-13H,3-11,15H2,1-2H3. The van der Waals surface area contributed by atoms with Crippen LogP contribution in [0, 0.1) is 17.3 Å². The number of hydrogen-bond donors (Lipinski definition) is 1. The Morgan fingerprint density at radius 2 is 1.81 bits per heavy atom. The van der Waals surface area contributed by atoms with Crippen LogP contribution in [-0.4, -0.2) is 31.6 Å². The molecule has 0 saturated heterocycles. The highest BCUT2D eigenvalue weighted by molar-refractivity contribution is 4.89. The molecule has 0 aliphatic heterocycles. The molecule has 94 valence electrons. The quantitative estimate of drug-likeness (QED) is 0.777.